The van der Waals surface area contributed by atoms with Crippen LogP contribution in [0.15, 0.2) is 36.5 Å². The zero-order valence-corrected chi connectivity index (χ0v) is 12.6. The Morgan fingerprint density at radius 2 is 2.00 bits per heavy atom. The largest absolute Gasteiger partial charge is 0.332 e. The molecule has 1 aromatic carbocycles. The molecule has 4 nitrogen and oxygen atoms in total. The van der Waals surface area contributed by atoms with E-state index in [-0.39, 0.29) is 11.9 Å². The van der Waals surface area contributed by atoms with E-state index in [2.05, 4.69) is 5.10 Å². The number of halogens is 1. The predicted molar refractivity (Wildman–Crippen MR) is 79.7 cm³/mol. The summed E-state index contributed by atoms with van der Waals surface area (Å²) in [6.07, 6.45) is 1.52. The summed E-state index contributed by atoms with van der Waals surface area (Å²) in [7, 11) is 1.72. The highest BCUT2D eigenvalue weighted by Gasteiger charge is 2.23. The summed E-state index contributed by atoms with van der Waals surface area (Å²) in [5.74, 6) is -0.0954. The van der Waals surface area contributed by atoms with Crippen LogP contribution in [0.2, 0.25) is 5.15 Å². The first kappa shape index (κ1) is 14.6. The van der Waals surface area contributed by atoms with Crippen molar-refractivity contribution in [1.29, 1.82) is 0 Å². The molecule has 0 aliphatic carbocycles. The third kappa shape index (κ3) is 3.02. The second-order valence-corrected chi connectivity index (χ2v) is 5.34. The average molecular weight is 292 g/mol. The molecule has 0 aliphatic heterocycles. The first-order chi connectivity index (χ1) is 9.50. The topological polar surface area (TPSA) is 38.1 Å². The molecular weight excluding hydrogens is 274 g/mol. The number of carbonyl (C=O) groups is 1. The molecule has 1 heterocycles. The maximum Gasteiger partial charge on any atom is 0.259 e. The second-order valence-electron chi connectivity index (χ2n) is 4.99. The zero-order valence-electron chi connectivity index (χ0n) is 11.9. The summed E-state index contributed by atoms with van der Waals surface area (Å²) in [5, 5.41) is 4.39. The van der Waals surface area contributed by atoms with Crippen molar-refractivity contribution < 1.29 is 4.79 Å². The normalized spacial score (nSPS) is 10.8. The smallest absolute Gasteiger partial charge is 0.259 e. The maximum atomic E-state index is 12.6. The SMILES string of the molecule is CC(C)N(Cc1ccccc1)C(=O)c1cnn(C)c1Cl. The second kappa shape index (κ2) is 6.09. The van der Waals surface area contributed by atoms with Crippen LogP contribution in [-0.2, 0) is 13.6 Å². The van der Waals surface area contributed by atoms with E-state index < -0.39 is 0 Å². The van der Waals surface area contributed by atoms with Gasteiger partial charge in [-0.3, -0.25) is 9.48 Å². The third-order valence-electron chi connectivity index (χ3n) is 3.18. The van der Waals surface area contributed by atoms with E-state index in [1.807, 2.05) is 44.2 Å². The number of rotatable bonds is 4. The van der Waals surface area contributed by atoms with E-state index >= 15 is 0 Å². The highest BCUT2D eigenvalue weighted by molar-refractivity contribution is 6.32. The van der Waals surface area contributed by atoms with Crippen LogP contribution in [0.3, 0.4) is 0 Å². The fraction of sp³-hybridized carbons (Fsp3) is 0.333. The van der Waals surface area contributed by atoms with Crippen molar-refractivity contribution in [3.05, 3.63) is 52.8 Å². The summed E-state index contributed by atoms with van der Waals surface area (Å²) in [5.41, 5.74) is 1.54. The van der Waals surface area contributed by atoms with Gasteiger partial charge in [0.15, 0.2) is 0 Å². The molecule has 0 radical (unpaired) electrons. The van der Waals surface area contributed by atoms with Crippen molar-refractivity contribution in [2.75, 3.05) is 0 Å². The molecule has 5 heteroatoms. The van der Waals surface area contributed by atoms with E-state index in [9.17, 15) is 4.79 Å². The molecule has 0 saturated carbocycles. The molecule has 1 amide bonds. The number of aryl methyl sites for hydroxylation is 1. The summed E-state index contributed by atoms with van der Waals surface area (Å²) >= 11 is 6.11. The van der Waals surface area contributed by atoms with Crippen molar-refractivity contribution in [2.45, 2.75) is 26.4 Å². The van der Waals surface area contributed by atoms with Crippen LogP contribution in [0.4, 0.5) is 0 Å². The highest BCUT2D eigenvalue weighted by atomic mass is 35.5. The standard InChI is InChI=1S/C15H18ClN3O/c1-11(2)19(10-12-7-5-4-6-8-12)15(20)13-9-17-18(3)14(13)16/h4-9,11H,10H2,1-3H3. The van der Waals surface area contributed by atoms with Crippen molar-refractivity contribution in [3.63, 3.8) is 0 Å². The van der Waals surface area contributed by atoms with Crippen molar-refractivity contribution >= 4 is 17.5 Å². The Morgan fingerprint density at radius 1 is 1.35 bits per heavy atom. The van der Waals surface area contributed by atoms with Crippen molar-refractivity contribution in [1.82, 2.24) is 14.7 Å². The van der Waals surface area contributed by atoms with Gasteiger partial charge in [-0.15, -0.1) is 0 Å². The van der Waals surface area contributed by atoms with Gasteiger partial charge in [0.25, 0.3) is 5.91 Å². The number of hydrogen-bond donors (Lipinski definition) is 0. The van der Waals surface area contributed by atoms with Gasteiger partial charge in [-0.05, 0) is 19.4 Å². The molecule has 0 aliphatic rings. The molecule has 2 rings (SSSR count). The molecule has 0 atom stereocenters. The van der Waals surface area contributed by atoms with E-state index in [1.165, 1.54) is 10.9 Å². The van der Waals surface area contributed by atoms with Gasteiger partial charge in [-0.1, -0.05) is 41.9 Å². The van der Waals surface area contributed by atoms with Crippen LogP contribution < -0.4 is 0 Å². The molecule has 0 bridgehead atoms. The van der Waals surface area contributed by atoms with E-state index in [0.717, 1.165) is 5.56 Å². The van der Waals surface area contributed by atoms with Crippen LogP contribution >= 0.6 is 11.6 Å². The molecule has 20 heavy (non-hydrogen) atoms. The van der Waals surface area contributed by atoms with Gasteiger partial charge >= 0.3 is 0 Å². The number of hydrogen-bond acceptors (Lipinski definition) is 2. The van der Waals surface area contributed by atoms with Crippen molar-refractivity contribution in [2.24, 2.45) is 7.05 Å². The maximum absolute atomic E-state index is 12.6. The lowest BCUT2D eigenvalue weighted by molar-refractivity contribution is 0.0690. The Morgan fingerprint density at radius 3 is 2.50 bits per heavy atom. The van der Waals surface area contributed by atoms with Crippen LogP contribution in [0.5, 0.6) is 0 Å². The Kier molecular flexibility index (Phi) is 4.45. The molecule has 0 spiro atoms. The van der Waals surface area contributed by atoms with Crippen molar-refractivity contribution in [3.8, 4) is 0 Å². The lowest BCUT2D eigenvalue weighted by atomic mass is 10.1. The summed E-state index contributed by atoms with van der Waals surface area (Å²) < 4.78 is 1.50. The van der Waals surface area contributed by atoms with Crippen LogP contribution in [0, 0.1) is 0 Å². The third-order valence-corrected chi connectivity index (χ3v) is 3.62. The van der Waals surface area contributed by atoms with E-state index in [0.29, 0.717) is 17.3 Å². The van der Waals surface area contributed by atoms with Gasteiger partial charge in [0.2, 0.25) is 0 Å². The first-order valence-electron chi connectivity index (χ1n) is 6.53. The molecule has 0 saturated heterocycles. The van der Waals surface area contributed by atoms with Gasteiger partial charge in [0, 0.05) is 19.6 Å². The number of amides is 1. The molecule has 0 fully saturated rings. The zero-order chi connectivity index (χ0) is 14.7. The Labute approximate surface area is 124 Å². The monoisotopic (exact) mass is 291 g/mol. The number of benzene rings is 1. The van der Waals surface area contributed by atoms with Gasteiger partial charge in [0.05, 0.1) is 11.8 Å². The fourth-order valence-corrected chi connectivity index (χ4v) is 2.16. The number of carbonyl (C=O) groups excluding carboxylic acids is 1. The molecule has 0 unspecified atom stereocenters. The van der Waals surface area contributed by atoms with Crippen LogP contribution in [-0.4, -0.2) is 26.6 Å². The highest BCUT2D eigenvalue weighted by Crippen LogP contribution is 2.19. The number of nitrogens with zero attached hydrogens (tertiary/aromatic N) is 3. The lowest BCUT2D eigenvalue weighted by Gasteiger charge is -2.26. The summed E-state index contributed by atoms with van der Waals surface area (Å²) in [6.45, 7) is 4.54. The van der Waals surface area contributed by atoms with Gasteiger partial charge < -0.3 is 4.90 Å². The molecule has 2 aromatic rings. The molecule has 0 N–H and O–H groups in total. The Bertz CT molecular complexity index is 592. The van der Waals surface area contributed by atoms with Gasteiger partial charge in [-0.2, -0.15) is 5.10 Å². The predicted octanol–water partition coefficient (Wildman–Crippen LogP) is 3.12. The Balaban J connectivity index is 2.25. The van der Waals surface area contributed by atoms with E-state index in [4.69, 9.17) is 11.6 Å². The fourth-order valence-electron chi connectivity index (χ4n) is 1.99. The lowest BCUT2D eigenvalue weighted by Crippen LogP contribution is -2.36. The minimum Gasteiger partial charge on any atom is -0.332 e. The summed E-state index contributed by atoms with van der Waals surface area (Å²) in [4.78, 5) is 14.4. The Hall–Kier alpha value is -1.81. The quantitative estimate of drug-likeness (QED) is 0.868. The van der Waals surface area contributed by atoms with E-state index in [1.54, 1.807) is 11.9 Å². The van der Waals surface area contributed by atoms with Gasteiger partial charge in [0.1, 0.15) is 5.15 Å². The molecule has 1 aromatic heterocycles. The first-order valence-corrected chi connectivity index (χ1v) is 6.91. The van der Waals surface area contributed by atoms with Gasteiger partial charge in [-0.25, -0.2) is 0 Å². The number of aromatic nitrogens is 2. The molecular formula is C15H18ClN3O. The molecule has 106 valence electrons. The minimum atomic E-state index is -0.0954. The minimum absolute atomic E-state index is 0.0824. The average Bonchev–Trinajstić information content (AvgIpc) is 2.76. The summed E-state index contributed by atoms with van der Waals surface area (Å²) in [6, 6.07) is 9.99. The van der Waals surface area contributed by atoms with Crippen LogP contribution in [0.1, 0.15) is 29.8 Å². The van der Waals surface area contributed by atoms with Crippen LogP contribution in [0.25, 0.3) is 0 Å².